The maximum Gasteiger partial charge on any atom is 0.237 e. The van der Waals surface area contributed by atoms with E-state index in [1.165, 1.54) is 0 Å². The molecule has 0 aliphatic carbocycles. The molecule has 1 amide bonds. The molecule has 1 heterocycles. The Balaban J connectivity index is 2.11. The van der Waals surface area contributed by atoms with E-state index >= 15 is 0 Å². The molecule has 2 rings (SSSR count). The maximum atomic E-state index is 11.3. The number of nitrogens with two attached hydrogens (primary N) is 1. The topological polar surface area (TPSA) is 79.3 Å². The van der Waals surface area contributed by atoms with Crippen LogP contribution in [-0.2, 0) is 16.1 Å². The minimum atomic E-state index is -0.385. The molecule has 1 aromatic rings. The molecule has 0 saturated carbocycles. The minimum Gasteiger partial charge on any atom is -0.378 e. The average Bonchev–Trinajstić information content (AvgIpc) is 2.39. The highest BCUT2D eigenvalue weighted by molar-refractivity contribution is 5.80. The lowest BCUT2D eigenvalue weighted by molar-refractivity contribution is -0.129. The molecule has 1 aliphatic rings. The van der Waals surface area contributed by atoms with Gasteiger partial charge in [-0.25, -0.2) is 0 Å². The fraction of sp³-hybridized carbons (Fsp3) is 0.385. The van der Waals surface area contributed by atoms with Crippen molar-refractivity contribution in [3.63, 3.8) is 0 Å². The van der Waals surface area contributed by atoms with Crippen LogP contribution >= 0.6 is 0 Å². The molecule has 5 nitrogen and oxygen atoms in total. The van der Waals surface area contributed by atoms with Gasteiger partial charge in [0.1, 0.15) is 6.04 Å². The van der Waals surface area contributed by atoms with Gasteiger partial charge < -0.3 is 10.5 Å². The van der Waals surface area contributed by atoms with Gasteiger partial charge >= 0.3 is 0 Å². The summed E-state index contributed by atoms with van der Waals surface area (Å²) in [6, 6.07) is 9.08. The summed E-state index contributed by atoms with van der Waals surface area (Å²) in [6.07, 6.45) is 0. The first-order valence-electron chi connectivity index (χ1n) is 5.81. The number of nitriles is 1. The van der Waals surface area contributed by atoms with Crippen molar-refractivity contribution in [3.05, 3.63) is 35.4 Å². The van der Waals surface area contributed by atoms with Crippen LogP contribution in [0.3, 0.4) is 0 Å². The molecule has 1 unspecified atom stereocenters. The highest BCUT2D eigenvalue weighted by Gasteiger charge is 2.27. The normalized spacial score (nSPS) is 20.3. The summed E-state index contributed by atoms with van der Waals surface area (Å²) in [5.74, 6) is -0.369. The van der Waals surface area contributed by atoms with Crippen molar-refractivity contribution in [3.8, 4) is 6.07 Å². The zero-order valence-electron chi connectivity index (χ0n) is 10.0. The molecule has 0 radical (unpaired) electrons. The number of amides is 1. The first-order chi connectivity index (χ1) is 8.70. The third-order valence-electron chi connectivity index (χ3n) is 3.01. The standard InChI is InChI=1S/C13H15N3O2/c14-7-10-2-1-3-11(6-10)8-16-4-5-18-9-12(16)13(15)17/h1-3,6,12H,4-5,8-9H2,(H2,15,17). The molecule has 1 atom stereocenters. The van der Waals surface area contributed by atoms with Crippen molar-refractivity contribution in [2.45, 2.75) is 12.6 Å². The van der Waals surface area contributed by atoms with Crippen LogP contribution in [0.1, 0.15) is 11.1 Å². The van der Waals surface area contributed by atoms with Crippen molar-refractivity contribution in [2.24, 2.45) is 5.73 Å². The monoisotopic (exact) mass is 245 g/mol. The van der Waals surface area contributed by atoms with Crippen LogP contribution in [0.5, 0.6) is 0 Å². The molecule has 94 valence electrons. The fourth-order valence-corrected chi connectivity index (χ4v) is 2.06. The average molecular weight is 245 g/mol. The number of nitrogens with zero attached hydrogens (tertiary/aromatic N) is 2. The van der Waals surface area contributed by atoms with E-state index < -0.39 is 0 Å². The summed E-state index contributed by atoms with van der Waals surface area (Å²) >= 11 is 0. The SMILES string of the molecule is N#Cc1cccc(CN2CCOCC2C(N)=O)c1. The lowest BCUT2D eigenvalue weighted by Crippen LogP contribution is -2.51. The molecule has 0 spiro atoms. The number of ether oxygens (including phenoxy) is 1. The number of rotatable bonds is 3. The molecule has 2 N–H and O–H groups in total. The third kappa shape index (κ3) is 2.86. The van der Waals surface area contributed by atoms with E-state index in [2.05, 4.69) is 6.07 Å². The molecule has 0 bridgehead atoms. The van der Waals surface area contributed by atoms with Crippen LogP contribution in [0.2, 0.25) is 0 Å². The third-order valence-corrected chi connectivity index (χ3v) is 3.01. The molecule has 1 aromatic carbocycles. The highest BCUT2D eigenvalue weighted by atomic mass is 16.5. The number of morpholine rings is 1. The maximum absolute atomic E-state index is 11.3. The van der Waals surface area contributed by atoms with E-state index in [9.17, 15) is 4.79 Å². The van der Waals surface area contributed by atoms with Gasteiger partial charge in [0.05, 0.1) is 24.8 Å². The van der Waals surface area contributed by atoms with Gasteiger partial charge in [-0.05, 0) is 17.7 Å². The molecule has 1 saturated heterocycles. The Morgan fingerprint density at radius 3 is 3.17 bits per heavy atom. The summed E-state index contributed by atoms with van der Waals surface area (Å²) in [5.41, 5.74) is 6.98. The molecule has 1 fully saturated rings. The number of carbonyl (C=O) groups is 1. The molecule has 5 heteroatoms. The Kier molecular flexibility index (Phi) is 3.92. The summed E-state index contributed by atoms with van der Waals surface area (Å²) < 4.78 is 5.26. The van der Waals surface area contributed by atoms with E-state index in [-0.39, 0.29) is 11.9 Å². The van der Waals surface area contributed by atoms with Gasteiger partial charge in [-0.15, -0.1) is 0 Å². The molecule has 1 aliphatic heterocycles. The molecule has 18 heavy (non-hydrogen) atoms. The van der Waals surface area contributed by atoms with Crippen LogP contribution in [-0.4, -0.2) is 36.6 Å². The smallest absolute Gasteiger partial charge is 0.237 e. The summed E-state index contributed by atoms with van der Waals surface area (Å²) in [7, 11) is 0. The Morgan fingerprint density at radius 2 is 2.44 bits per heavy atom. The van der Waals surface area contributed by atoms with Crippen molar-refractivity contribution < 1.29 is 9.53 Å². The quantitative estimate of drug-likeness (QED) is 0.827. The van der Waals surface area contributed by atoms with E-state index in [1.54, 1.807) is 6.07 Å². The predicted molar refractivity (Wildman–Crippen MR) is 65.4 cm³/mol. The second-order valence-electron chi connectivity index (χ2n) is 4.28. The Hall–Kier alpha value is -1.90. The molecular weight excluding hydrogens is 230 g/mol. The second kappa shape index (κ2) is 5.63. The van der Waals surface area contributed by atoms with Crippen molar-refractivity contribution in [1.82, 2.24) is 4.90 Å². The van der Waals surface area contributed by atoms with Crippen LogP contribution < -0.4 is 5.73 Å². The van der Waals surface area contributed by atoms with Gasteiger partial charge in [0, 0.05) is 13.1 Å². The van der Waals surface area contributed by atoms with Crippen molar-refractivity contribution in [2.75, 3.05) is 19.8 Å². The van der Waals surface area contributed by atoms with Crippen LogP contribution in [0, 0.1) is 11.3 Å². The number of carbonyl (C=O) groups excluding carboxylic acids is 1. The van der Waals surface area contributed by atoms with Crippen LogP contribution in [0.25, 0.3) is 0 Å². The van der Waals surface area contributed by atoms with Crippen molar-refractivity contribution in [1.29, 1.82) is 5.26 Å². The second-order valence-corrected chi connectivity index (χ2v) is 4.28. The van der Waals surface area contributed by atoms with Crippen molar-refractivity contribution >= 4 is 5.91 Å². The largest absolute Gasteiger partial charge is 0.378 e. The van der Waals surface area contributed by atoms with Gasteiger partial charge in [-0.2, -0.15) is 5.26 Å². The zero-order valence-corrected chi connectivity index (χ0v) is 10.0. The first kappa shape index (κ1) is 12.6. The number of primary amides is 1. The molecule has 0 aromatic heterocycles. The minimum absolute atomic E-state index is 0.341. The summed E-state index contributed by atoms with van der Waals surface area (Å²) in [4.78, 5) is 13.3. The highest BCUT2D eigenvalue weighted by Crippen LogP contribution is 2.13. The number of hydrogen-bond acceptors (Lipinski definition) is 4. The van der Waals surface area contributed by atoms with E-state index in [0.717, 1.165) is 5.56 Å². The van der Waals surface area contributed by atoms with Crippen LogP contribution in [0.4, 0.5) is 0 Å². The van der Waals surface area contributed by atoms with E-state index in [0.29, 0.717) is 31.9 Å². The molecular formula is C13H15N3O2. The van der Waals surface area contributed by atoms with Crippen LogP contribution in [0.15, 0.2) is 24.3 Å². The van der Waals surface area contributed by atoms with Gasteiger partial charge in [0.25, 0.3) is 0 Å². The summed E-state index contributed by atoms with van der Waals surface area (Å²) in [5, 5.41) is 8.85. The lowest BCUT2D eigenvalue weighted by atomic mass is 10.1. The van der Waals surface area contributed by atoms with E-state index in [1.807, 2.05) is 23.1 Å². The Morgan fingerprint density at radius 1 is 1.61 bits per heavy atom. The first-order valence-corrected chi connectivity index (χ1v) is 5.81. The van der Waals surface area contributed by atoms with Gasteiger partial charge in [0.15, 0.2) is 0 Å². The Bertz CT molecular complexity index is 481. The van der Waals surface area contributed by atoms with Gasteiger partial charge in [0.2, 0.25) is 5.91 Å². The lowest BCUT2D eigenvalue weighted by Gasteiger charge is -2.33. The Labute approximate surface area is 106 Å². The summed E-state index contributed by atoms with van der Waals surface area (Å²) in [6.45, 7) is 2.21. The van der Waals surface area contributed by atoms with E-state index in [4.69, 9.17) is 15.7 Å². The predicted octanol–water partition coefficient (Wildman–Crippen LogP) is 0.244. The van der Waals surface area contributed by atoms with Gasteiger partial charge in [-0.1, -0.05) is 12.1 Å². The fourth-order valence-electron chi connectivity index (χ4n) is 2.06. The number of benzene rings is 1. The zero-order chi connectivity index (χ0) is 13.0. The van der Waals surface area contributed by atoms with Gasteiger partial charge in [-0.3, -0.25) is 9.69 Å². The number of hydrogen-bond donors (Lipinski definition) is 1.